The highest BCUT2D eigenvalue weighted by Gasteiger charge is 2.47. The molecule has 68 heavy (non-hydrogen) atoms. The van der Waals surface area contributed by atoms with E-state index in [0.717, 1.165) is 79.5 Å². The van der Waals surface area contributed by atoms with E-state index >= 15 is 0 Å². The van der Waals surface area contributed by atoms with Gasteiger partial charge in [-0.25, -0.2) is 0 Å². The first-order chi connectivity index (χ1) is 32.4. The molecule has 3 aliphatic rings. The molecule has 7 rings (SSSR count). The molecule has 0 spiro atoms. The Labute approximate surface area is 415 Å². The third kappa shape index (κ3) is 15.7. The molecule has 4 aromatic carbocycles. The highest BCUT2D eigenvalue weighted by Crippen LogP contribution is 2.43. The number of alkyl halides is 3. The van der Waals surface area contributed by atoms with Crippen LogP contribution in [0, 0.1) is 5.41 Å². The number of carbonyl (C=O) groups is 1. The minimum atomic E-state index is -5.02. The highest BCUT2D eigenvalue weighted by molar-refractivity contribution is 7.99. The van der Waals surface area contributed by atoms with E-state index in [4.69, 9.17) is 11.6 Å². The Bertz CT molecular complexity index is 2370. The third-order valence-electron chi connectivity index (χ3n) is 12.8. The van der Waals surface area contributed by atoms with Crippen molar-refractivity contribution in [1.29, 1.82) is 0 Å². The van der Waals surface area contributed by atoms with E-state index in [0.29, 0.717) is 61.9 Å². The number of halogens is 4. The molecule has 11 nitrogen and oxygen atoms in total. The summed E-state index contributed by atoms with van der Waals surface area (Å²) in [7, 11) is -4.09. The van der Waals surface area contributed by atoms with Crippen LogP contribution in [0.15, 0.2) is 117 Å². The maximum Gasteiger partial charge on any atom is 0.578 e. The predicted molar refractivity (Wildman–Crippen MR) is 272 cm³/mol. The van der Waals surface area contributed by atoms with Crippen LogP contribution in [-0.2, 0) is 15.7 Å². The number of anilines is 2. The van der Waals surface area contributed by atoms with Crippen LogP contribution in [0.1, 0.15) is 55.5 Å². The molecule has 1 amide bonds. The van der Waals surface area contributed by atoms with Gasteiger partial charge < -0.3 is 34.4 Å². The zero-order valence-electron chi connectivity index (χ0n) is 38.4. The average molecular weight is 1030 g/mol. The number of rotatable bonds is 19. The summed E-state index contributed by atoms with van der Waals surface area (Å²) in [4.78, 5) is 41.9. The first kappa shape index (κ1) is 52.6. The molecule has 368 valence electrons. The summed E-state index contributed by atoms with van der Waals surface area (Å²) in [6.45, 7) is 12.8. The molecule has 1 aliphatic carbocycles. The summed E-state index contributed by atoms with van der Waals surface area (Å²) >= 11 is 5.29. The fraction of sp³-hybridized carbons (Fsp3) is 0.449. The van der Waals surface area contributed by atoms with Crippen LogP contribution in [-0.4, -0.2) is 130 Å². The Morgan fingerprint density at radius 2 is 1.51 bits per heavy atom. The van der Waals surface area contributed by atoms with Gasteiger partial charge in [0.2, 0.25) is 0 Å². The molecular weight excluding hydrogens is 972 g/mol. The van der Waals surface area contributed by atoms with Gasteiger partial charge in [0.15, 0.2) is 4.90 Å². The molecule has 4 aromatic rings. The van der Waals surface area contributed by atoms with E-state index in [2.05, 4.69) is 50.7 Å². The van der Waals surface area contributed by atoms with Gasteiger partial charge in [0.1, 0.15) is 11.2 Å². The van der Waals surface area contributed by atoms with E-state index in [1.807, 2.05) is 59.5 Å². The first-order valence-electron chi connectivity index (χ1n) is 23.0. The summed E-state index contributed by atoms with van der Waals surface area (Å²) in [6.07, 6.45) is 3.65. The standard InChI is InChI=1S/C49H61ClF3N6O5PS3/c1-48(2)20-18-44(36-8-12-39(50)13-9-36)38(33-48)34-58-26-28-59(29-27-58)41-14-10-37(11-15-41)47(60)55-67-43-16-17-45(46(32-43)68(64)49(51,52)53)54-40(35-66-42-6-4-3-5-7-42)19-21-56-22-24-57(25-23-56)30-31-65(61,62)63/h3-17,32,40,54H,18-31,33-35H2,1-2H3,(H,55,60)(H2,61,62,63). The van der Waals surface area contributed by atoms with Gasteiger partial charge in [0, 0.05) is 116 Å². The molecule has 2 fully saturated rings. The maximum absolute atomic E-state index is 14.1. The highest BCUT2D eigenvalue weighted by atomic mass is 35.5. The lowest BCUT2D eigenvalue weighted by molar-refractivity contribution is -0.0435. The van der Waals surface area contributed by atoms with Crippen LogP contribution >= 0.6 is 42.9 Å². The normalized spacial score (nSPS) is 18.6. The van der Waals surface area contributed by atoms with E-state index in [1.54, 1.807) is 30.0 Å². The smallest absolute Gasteiger partial charge is 0.578 e. The molecule has 0 aromatic heterocycles. The van der Waals surface area contributed by atoms with Gasteiger partial charge in [0.25, 0.3) is 5.91 Å². The number of carbonyl (C=O) groups excluding carboxylic acids is 1. The van der Waals surface area contributed by atoms with Crippen LogP contribution in [0.5, 0.6) is 0 Å². The van der Waals surface area contributed by atoms with Crippen molar-refractivity contribution in [2.75, 3.05) is 94.1 Å². The monoisotopic (exact) mass is 1030 g/mol. The molecule has 0 saturated carbocycles. The lowest BCUT2D eigenvalue weighted by Crippen LogP contribution is -2.48. The van der Waals surface area contributed by atoms with E-state index in [-0.39, 0.29) is 23.3 Å². The number of nitrogens with zero attached hydrogens (tertiary/aromatic N) is 4. The minimum Gasteiger partial charge on any atom is -0.604 e. The summed E-state index contributed by atoms with van der Waals surface area (Å²) in [5.74, 6) is 0.114. The van der Waals surface area contributed by atoms with Crippen molar-refractivity contribution in [3.05, 3.63) is 119 Å². The second kappa shape index (κ2) is 23.8. The summed E-state index contributed by atoms with van der Waals surface area (Å²) in [5, 5.41) is 4.03. The Balaban J connectivity index is 0.949. The van der Waals surface area contributed by atoms with Crippen molar-refractivity contribution < 1.29 is 36.9 Å². The molecule has 2 heterocycles. The van der Waals surface area contributed by atoms with Crippen LogP contribution in [0.3, 0.4) is 0 Å². The molecule has 0 bridgehead atoms. The number of allylic oxidation sites excluding steroid dienone is 1. The van der Waals surface area contributed by atoms with Gasteiger partial charge >= 0.3 is 13.1 Å². The Kier molecular flexibility index (Phi) is 18.4. The number of nitrogens with one attached hydrogen (secondary N) is 2. The van der Waals surface area contributed by atoms with E-state index in [9.17, 15) is 36.9 Å². The van der Waals surface area contributed by atoms with Crippen LogP contribution < -0.4 is 14.9 Å². The zero-order chi connectivity index (χ0) is 48.5. The van der Waals surface area contributed by atoms with E-state index < -0.39 is 35.1 Å². The lowest BCUT2D eigenvalue weighted by Gasteiger charge is -2.39. The number of hydrogen-bond acceptors (Lipinski definition) is 10. The van der Waals surface area contributed by atoms with Crippen molar-refractivity contribution in [3.8, 4) is 0 Å². The quantitative estimate of drug-likeness (QED) is 0.0308. The first-order valence-corrected chi connectivity index (χ1v) is 28.1. The van der Waals surface area contributed by atoms with Crippen molar-refractivity contribution in [1.82, 2.24) is 19.4 Å². The van der Waals surface area contributed by atoms with Gasteiger partial charge in [-0.15, -0.1) is 24.9 Å². The third-order valence-corrected chi connectivity index (χ3v) is 16.9. The molecule has 2 saturated heterocycles. The van der Waals surface area contributed by atoms with Crippen molar-refractivity contribution in [2.24, 2.45) is 5.41 Å². The largest absolute Gasteiger partial charge is 0.604 e. The number of hydrogen-bond donors (Lipinski definition) is 4. The topological polar surface area (TPSA) is 135 Å². The van der Waals surface area contributed by atoms with Crippen LogP contribution in [0.4, 0.5) is 24.5 Å². The van der Waals surface area contributed by atoms with Crippen LogP contribution in [0.25, 0.3) is 5.57 Å². The van der Waals surface area contributed by atoms with E-state index in [1.165, 1.54) is 28.8 Å². The van der Waals surface area contributed by atoms with Gasteiger partial charge in [-0.2, -0.15) is 0 Å². The Morgan fingerprint density at radius 1 is 0.868 bits per heavy atom. The SMILES string of the molecule is CC1(C)CCC(c2ccc(Cl)cc2)=C(CN2CCN(c3ccc(C(=O)NSc4ccc(NC(CCN5CCN(CCP(=O)(O)O)CC5)CSc5ccccc5)c([S+]([O-])C(F)(F)F)c4)cc3)CC2)C1. The predicted octanol–water partition coefficient (Wildman–Crippen LogP) is 9.95. The zero-order valence-corrected chi connectivity index (χ0v) is 42.5. The minimum absolute atomic E-state index is 0.103. The molecule has 4 N–H and O–H groups in total. The molecule has 0 radical (unpaired) electrons. The van der Waals surface area contributed by atoms with Crippen molar-refractivity contribution in [3.63, 3.8) is 0 Å². The Hall–Kier alpha value is -3.19. The van der Waals surface area contributed by atoms with Gasteiger partial charge in [0.05, 0.1) is 11.8 Å². The number of benzene rings is 4. The van der Waals surface area contributed by atoms with Gasteiger partial charge in [-0.3, -0.25) is 19.0 Å². The van der Waals surface area contributed by atoms with Crippen LogP contribution in [0.2, 0.25) is 5.02 Å². The van der Waals surface area contributed by atoms with Gasteiger partial charge in [-0.1, -0.05) is 61.4 Å². The molecule has 2 atom stereocenters. The molecule has 2 unspecified atom stereocenters. The summed E-state index contributed by atoms with van der Waals surface area (Å²) in [6, 6.07) is 29.3. The lowest BCUT2D eigenvalue weighted by atomic mass is 9.73. The number of piperazine rings is 2. The molecule has 19 heteroatoms. The molecular formula is C49H61ClF3N6O5PS3. The fourth-order valence-corrected chi connectivity index (χ4v) is 12.1. The second-order valence-corrected chi connectivity index (χ2v) is 24.1. The van der Waals surface area contributed by atoms with Crippen molar-refractivity contribution in [2.45, 2.75) is 65.8 Å². The molecule has 2 aliphatic heterocycles. The second-order valence-electron chi connectivity index (χ2n) is 18.5. The Morgan fingerprint density at radius 3 is 2.16 bits per heavy atom. The number of amides is 1. The summed E-state index contributed by atoms with van der Waals surface area (Å²) < 4.78 is 69.6. The van der Waals surface area contributed by atoms with Gasteiger partial charge in [-0.05, 0) is 115 Å². The maximum atomic E-state index is 14.1. The number of thioether (sulfide) groups is 1. The fourth-order valence-electron chi connectivity index (χ4n) is 8.93. The van der Waals surface area contributed by atoms with Crippen molar-refractivity contribution >= 4 is 76.9 Å². The average Bonchev–Trinajstić information content (AvgIpc) is 3.31. The summed E-state index contributed by atoms with van der Waals surface area (Å²) in [5.41, 5.74) is 0.954.